The van der Waals surface area contributed by atoms with E-state index in [0.717, 1.165) is 31.6 Å². The lowest BCUT2D eigenvalue weighted by Gasteiger charge is -2.10. The third-order valence-electron chi connectivity index (χ3n) is 6.19. The molecule has 0 radical (unpaired) electrons. The van der Waals surface area contributed by atoms with Crippen LogP contribution in [0.1, 0.15) is 15.9 Å². The van der Waals surface area contributed by atoms with Crippen molar-refractivity contribution in [1.29, 1.82) is 0 Å². The molecule has 5 rings (SSSR count). The molecule has 0 aliphatic carbocycles. The number of amides is 2. The summed E-state index contributed by atoms with van der Waals surface area (Å²) in [6.45, 7) is 3.06. The number of thiazole rings is 1. The van der Waals surface area contributed by atoms with Gasteiger partial charge in [-0.1, -0.05) is 35.6 Å². The van der Waals surface area contributed by atoms with E-state index in [0.29, 0.717) is 35.3 Å². The molecule has 2 heterocycles. The van der Waals surface area contributed by atoms with Crippen molar-refractivity contribution in [2.75, 3.05) is 31.8 Å². The van der Waals surface area contributed by atoms with Crippen LogP contribution in [0.15, 0.2) is 71.8 Å². The van der Waals surface area contributed by atoms with Crippen LogP contribution < -0.4 is 20.1 Å². The van der Waals surface area contributed by atoms with E-state index in [9.17, 15) is 9.59 Å². The molecule has 0 aliphatic heterocycles. The number of aryl methyl sites for hydroxylation is 1. The lowest BCUT2D eigenvalue weighted by molar-refractivity contribution is -0.113. The van der Waals surface area contributed by atoms with Gasteiger partial charge in [0.25, 0.3) is 5.91 Å². The highest BCUT2D eigenvalue weighted by Gasteiger charge is 2.14. The summed E-state index contributed by atoms with van der Waals surface area (Å²) >= 11 is 2.96. The van der Waals surface area contributed by atoms with Crippen LogP contribution in [0.4, 0.5) is 5.13 Å². The standard InChI is InChI=1S/C29H28N4O4S2/c1-18-8-10-21-25(14-18)39-29(31-21)32-27(34)17-38-26-16-33(22-7-5-4-6-20(22)26)13-12-30-28(35)19-9-11-23(36-2)24(15-19)37-3/h4-11,14-16H,12-13,17H2,1-3H3,(H,30,35)(H,31,32,34). The third kappa shape index (κ3) is 6.02. The Labute approximate surface area is 234 Å². The molecule has 2 amide bonds. The smallest absolute Gasteiger partial charge is 0.251 e. The Morgan fingerprint density at radius 3 is 2.67 bits per heavy atom. The van der Waals surface area contributed by atoms with Crippen LogP contribution in [-0.2, 0) is 11.3 Å². The second kappa shape index (κ2) is 11.8. The predicted octanol–water partition coefficient (Wildman–Crippen LogP) is 5.74. The molecule has 0 saturated carbocycles. The van der Waals surface area contributed by atoms with Crippen LogP contribution >= 0.6 is 23.1 Å². The molecule has 0 aliphatic rings. The number of para-hydroxylation sites is 1. The van der Waals surface area contributed by atoms with Crippen LogP contribution in [0.5, 0.6) is 11.5 Å². The lowest BCUT2D eigenvalue weighted by atomic mass is 10.2. The molecule has 0 atom stereocenters. The zero-order chi connectivity index (χ0) is 27.4. The molecule has 0 fully saturated rings. The molecule has 5 aromatic rings. The van der Waals surface area contributed by atoms with E-state index in [-0.39, 0.29) is 17.6 Å². The van der Waals surface area contributed by atoms with E-state index < -0.39 is 0 Å². The zero-order valence-corrected chi connectivity index (χ0v) is 23.4. The van der Waals surface area contributed by atoms with Gasteiger partial charge in [0.05, 0.1) is 30.2 Å². The van der Waals surface area contributed by atoms with E-state index >= 15 is 0 Å². The lowest BCUT2D eigenvalue weighted by Crippen LogP contribution is -2.27. The second-order valence-corrected chi connectivity index (χ2v) is 10.9. The minimum absolute atomic E-state index is 0.102. The van der Waals surface area contributed by atoms with Crippen molar-refractivity contribution in [3.63, 3.8) is 0 Å². The largest absolute Gasteiger partial charge is 0.493 e. The molecule has 39 heavy (non-hydrogen) atoms. The van der Waals surface area contributed by atoms with Gasteiger partial charge in [-0.05, 0) is 48.9 Å². The number of rotatable bonds is 10. The van der Waals surface area contributed by atoms with Gasteiger partial charge in [0.2, 0.25) is 5.91 Å². The Bertz CT molecular complexity index is 1660. The number of nitrogens with zero attached hydrogens (tertiary/aromatic N) is 2. The highest BCUT2D eigenvalue weighted by molar-refractivity contribution is 8.00. The summed E-state index contributed by atoms with van der Waals surface area (Å²) < 4.78 is 13.7. The Morgan fingerprint density at radius 1 is 1.03 bits per heavy atom. The second-order valence-electron chi connectivity index (χ2n) is 8.86. The van der Waals surface area contributed by atoms with Gasteiger partial charge in [0.1, 0.15) is 0 Å². The van der Waals surface area contributed by atoms with Gasteiger partial charge >= 0.3 is 0 Å². The fourth-order valence-electron chi connectivity index (χ4n) is 4.27. The highest BCUT2D eigenvalue weighted by atomic mass is 32.2. The van der Waals surface area contributed by atoms with Crippen molar-refractivity contribution in [3.8, 4) is 11.5 Å². The normalized spacial score (nSPS) is 11.1. The monoisotopic (exact) mass is 560 g/mol. The number of fused-ring (bicyclic) bond motifs is 2. The number of hydrogen-bond donors (Lipinski definition) is 2. The number of ether oxygens (including phenoxy) is 2. The summed E-state index contributed by atoms with van der Waals surface area (Å²) in [5.74, 6) is 1.05. The minimum atomic E-state index is -0.191. The van der Waals surface area contributed by atoms with E-state index in [1.807, 2.05) is 49.5 Å². The maximum Gasteiger partial charge on any atom is 0.251 e. The van der Waals surface area contributed by atoms with Crippen molar-refractivity contribution in [2.24, 2.45) is 0 Å². The molecule has 10 heteroatoms. The summed E-state index contributed by atoms with van der Waals surface area (Å²) in [6, 6.07) is 19.2. The zero-order valence-electron chi connectivity index (χ0n) is 21.8. The van der Waals surface area contributed by atoms with E-state index in [1.165, 1.54) is 30.2 Å². The van der Waals surface area contributed by atoms with Crippen LogP contribution in [0, 0.1) is 6.92 Å². The number of carbonyl (C=O) groups is 2. The number of aromatic nitrogens is 2. The van der Waals surface area contributed by atoms with Gasteiger partial charge in [-0.15, -0.1) is 11.8 Å². The Morgan fingerprint density at radius 2 is 1.85 bits per heavy atom. The number of anilines is 1. The van der Waals surface area contributed by atoms with Gasteiger partial charge in [-0.3, -0.25) is 9.59 Å². The number of methoxy groups -OCH3 is 2. The van der Waals surface area contributed by atoms with Gasteiger partial charge in [0.15, 0.2) is 16.6 Å². The average molecular weight is 561 g/mol. The van der Waals surface area contributed by atoms with Crippen molar-refractivity contribution in [1.82, 2.24) is 14.9 Å². The molecule has 0 unspecified atom stereocenters. The summed E-state index contributed by atoms with van der Waals surface area (Å²) in [7, 11) is 3.10. The molecule has 0 saturated heterocycles. The Balaban J connectivity index is 1.21. The van der Waals surface area contributed by atoms with E-state index in [2.05, 4.69) is 26.3 Å². The number of benzene rings is 3. The molecule has 2 aromatic heterocycles. The first-order chi connectivity index (χ1) is 18.9. The summed E-state index contributed by atoms with van der Waals surface area (Å²) in [5, 5.41) is 7.57. The van der Waals surface area contributed by atoms with Crippen molar-refractivity contribution < 1.29 is 19.1 Å². The predicted molar refractivity (Wildman–Crippen MR) is 158 cm³/mol. The number of thioether (sulfide) groups is 1. The fraction of sp³-hybridized carbons (Fsp3) is 0.207. The molecule has 0 bridgehead atoms. The molecule has 8 nitrogen and oxygen atoms in total. The van der Waals surface area contributed by atoms with Crippen LogP contribution in [0.3, 0.4) is 0 Å². The van der Waals surface area contributed by atoms with Gasteiger partial charge in [0, 0.05) is 40.6 Å². The van der Waals surface area contributed by atoms with Crippen LogP contribution in [0.25, 0.3) is 21.1 Å². The number of nitrogens with one attached hydrogen (secondary N) is 2. The minimum Gasteiger partial charge on any atom is -0.493 e. The van der Waals surface area contributed by atoms with Crippen LogP contribution in [-0.4, -0.2) is 47.9 Å². The quantitative estimate of drug-likeness (QED) is 0.212. The first kappa shape index (κ1) is 26.6. The molecular formula is C29H28N4O4S2. The first-order valence-electron chi connectivity index (χ1n) is 12.3. The van der Waals surface area contributed by atoms with Gasteiger partial charge in [-0.2, -0.15) is 0 Å². The van der Waals surface area contributed by atoms with E-state index in [4.69, 9.17) is 9.47 Å². The SMILES string of the molecule is COc1ccc(C(=O)NCCn2cc(SCC(=O)Nc3nc4ccc(C)cc4s3)c3ccccc32)cc1OC. The maximum atomic E-state index is 12.7. The van der Waals surface area contributed by atoms with E-state index in [1.54, 1.807) is 25.3 Å². The summed E-state index contributed by atoms with van der Waals surface area (Å²) in [4.78, 5) is 30.9. The molecule has 200 valence electrons. The topological polar surface area (TPSA) is 94.5 Å². The Kier molecular flexibility index (Phi) is 8.04. The van der Waals surface area contributed by atoms with Gasteiger partial charge < -0.3 is 24.7 Å². The molecule has 2 N–H and O–H groups in total. The van der Waals surface area contributed by atoms with Crippen molar-refractivity contribution in [2.45, 2.75) is 18.4 Å². The first-order valence-corrected chi connectivity index (χ1v) is 14.1. The number of carbonyl (C=O) groups excluding carboxylic acids is 2. The van der Waals surface area contributed by atoms with Crippen LogP contribution in [0.2, 0.25) is 0 Å². The average Bonchev–Trinajstić information content (AvgIpc) is 3.51. The van der Waals surface area contributed by atoms with Crippen molar-refractivity contribution in [3.05, 3.63) is 78.0 Å². The summed E-state index contributed by atoms with van der Waals surface area (Å²) in [6.07, 6.45) is 2.03. The highest BCUT2D eigenvalue weighted by Crippen LogP contribution is 2.31. The fourth-order valence-corrected chi connectivity index (χ4v) is 6.14. The molecule has 0 spiro atoms. The van der Waals surface area contributed by atoms with Crippen molar-refractivity contribution >= 4 is 61.2 Å². The third-order valence-corrected chi connectivity index (χ3v) is 8.16. The maximum absolute atomic E-state index is 12.7. The number of hydrogen-bond acceptors (Lipinski definition) is 7. The summed E-state index contributed by atoms with van der Waals surface area (Å²) in [5.41, 5.74) is 3.59. The van der Waals surface area contributed by atoms with Gasteiger partial charge in [-0.25, -0.2) is 4.98 Å². The molecule has 3 aromatic carbocycles. The molecular weight excluding hydrogens is 532 g/mol. The Hall–Kier alpha value is -4.02.